The third-order valence-corrected chi connectivity index (χ3v) is 4.57. The molecule has 0 radical (unpaired) electrons. The maximum Gasteiger partial charge on any atom is 0.316 e. The average Bonchev–Trinajstić information content (AvgIpc) is 3.17. The lowest BCUT2D eigenvalue weighted by molar-refractivity contribution is 0.312. The van der Waals surface area contributed by atoms with Crippen LogP contribution >= 0.6 is 0 Å². The molecule has 4 heterocycles. The maximum atomic E-state index is 5.30. The Morgan fingerprint density at radius 3 is 2.64 bits per heavy atom. The Balaban J connectivity index is 1.58. The summed E-state index contributed by atoms with van der Waals surface area (Å²) in [6.07, 6.45) is 9.15. The van der Waals surface area contributed by atoms with Crippen LogP contribution in [0.5, 0.6) is 6.01 Å². The highest BCUT2D eigenvalue weighted by Crippen LogP contribution is 2.28. The highest BCUT2D eigenvalue weighted by atomic mass is 16.5. The van der Waals surface area contributed by atoms with Crippen LogP contribution in [0.15, 0.2) is 67.4 Å². The van der Waals surface area contributed by atoms with Gasteiger partial charge in [-0.05, 0) is 30.7 Å². The third-order valence-electron chi connectivity index (χ3n) is 4.57. The molecule has 7 nitrogen and oxygen atoms in total. The SMILES string of the molecule is CCOc1ncc(-c2ccn3c(-c4cnnc5ccccc45)cnc3c2)cn1. The summed E-state index contributed by atoms with van der Waals surface area (Å²) in [5.74, 6) is 0. The van der Waals surface area contributed by atoms with E-state index in [1.54, 1.807) is 18.6 Å². The van der Waals surface area contributed by atoms with Gasteiger partial charge in [0.15, 0.2) is 0 Å². The van der Waals surface area contributed by atoms with Gasteiger partial charge in [-0.15, -0.1) is 0 Å². The molecular formula is C21H16N6O. The van der Waals surface area contributed by atoms with Crippen LogP contribution in [0, 0.1) is 0 Å². The quantitative estimate of drug-likeness (QED) is 0.480. The minimum atomic E-state index is 0.382. The molecule has 0 saturated carbocycles. The fourth-order valence-electron chi connectivity index (χ4n) is 3.24. The van der Waals surface area contributed by atoms with Gasteiger partial charge < -0.3 is 4.74 Å². The summed E-state index contributed by atoms with van der Waals surface area (Å²) in [6, 6.07) is 12.4. The number of hydrogen-bond acceptors (Lipinski definition) is 6. The molecule has 1 aromatic carbocycles. The Labute approximate surface area is 160 Å². The number of aromatic nitrogens is 6. The van der Waals surface area contributed by atoms with Crippen molar-refractivity contribution >= 4 is 16.6 Å². The van der Waals surface area contributed by atoms with Gasteiger partial charge in [-0.2, -0.15) is 10.2 Å². The molecule has 4 aromatic heterocycles. The molecule has 0 aliphatic carbocycles. The highest BCUT2D eigenvalue weighted by molar-refractivity contribution is 5.93. The van der Waals surface area contributed by atoms with Crippen molar-refractivity contribution in [3.63, 3.8) is 0 Å². The van der Waals surface area contributed by atoms with Crippen molar-refractivity contribution in [3.05, 3.63) is 67.4 Å². The van der Waals surface area contributed by atoms with Crippen molar-refractivity contribution in [2.45, 2.75) is 6.92 Å². The second-order valence-corrected chi connectivity index (χ2v) is 6.25. The standard InChI is InChI=1S/C21H16N6O/c1-2-28-21-23-10-15(11-24-21)14-7-8-27-19(13-22-20(27)9-14)17-12-25-26-18-6-4-3-5-16(17)18/h3-13H,2H2,1H3. The van der Waals surface area contributed by atoms with Crippen LogP contribution in [0.1, 0.15) is 6.92 Å². The van der Waals surface area contributed by atoms with E-state index < -0.39 is 0 Å². The van der Waals surface area contributed by atoms with Crippen LogP contribution in [-0.2, 0) is 0 Å². The lowest BCUT2D eigenvalue weighted by Gasteiger charge is -2.07. The van der Waals surface area contributed by atoms with Crippen LogP contribution in [0.2, 0.25) is 0 Å². The molecule has 0 saturated heterocycles. The molecule has 0 bridgehead atoms. The minimum absolute atomic E-state index is 0.382. The largest absolute Gasteiger partial charge is 0.464 e. The molecular weight excluding hydrogens is 352 g/mol. The van der Waals surface area contributed by atoms with Crippen LogP contribution in [-0.4, -0.2) is 36.2 Å². The van der Waals surface area contributed by atoms with Gasteiger partial charge in [0.1, 0.15) is 5.65 Å². The number of hydrogen-bond donors (Lipinski definition) is 0. The first-order chi connectivity index (χ1) is 13.8. The first-order valence-electron chi connectivity index (χ1n) is 8.96. The highest BCUT2D eigenvalue weighted by Gasteiger charge is 2.11. The van der Waals surface area contributed by atoms with E-state index in [0.29, 0.717) is 12.6 Å². The summed E-state index contributed by atoms with van der Waals surface area (Å²) in [5.41, 5.74) is 5.56. The van der Waals surface area contributed by atoms with Crippen LogP contribution in [0.25, 0.3) is 38.9 Å². The maximum absolute atomic E-state index is 5.30. The summed E-state index contributed by atoms with van der Waals surface area (Å²) in [7, 11) is 0. The van der Waals surface area contributed by atoms with Crippen molar-refractivity contribution in [1.82, 2.24) is 29.5 Å². The number of benzene rings is 1. The van der Waals surface area contributed by atoms with Crippen LogP contribution in [0.4, 0.5) is 0 Å². The molecule has 7 heteroatoms. The Morgan fingerprint density at radius 2 is 1.79 bits per heavy atom. The molecule has 0 aliphatic heterocycles. The zero-order chi connectivity index (χ0) is 18.9. The van der Waals surface area contributed by atoms with E-state index in [1.165, 1.54) is 0 Å². The summed E-state index contributed by atoms with van der Waals surface area (Å²) >= 11 is 0. The second kappa shape index (κ2) is 6.70. The van der Waals surface area contributed by atoms with E-state index >= 15 is 0 Å². The number of ether oxygens (including phenoxy) is 1. The molecule has 0 spiro atoms. The van der Waals surface area contributed by atoms with Crippen molar-refractivity contribution < 1.29 is 4.74 Å². The molecule has 0 unspecified atom stereocenters. The summed E-state index contributed by atoms with van der Waals surface area (Å²) in [6.45, 7) is 2.45. The lowest BCUT2D eigenvalue weighted by Crippen LogP contribution is -1.97. The normalized spacial score (nSPS) is 11.2. The predicted octanol–water partition coefficient (Wildman–Crippen LogP) is 3.80. The average molecular weight is 368 g/mol. The Kier molecular flexibility index (Phi) is 3.90. The zero-order valence-electron chi connectivity index (χ0n) is 15.1. The number of nitrogens with zero attached hydrogens (tertiary/aromatic N) is 6. The molecule has 0 atom stereocenters. The number of pyridine rings is 1. The first kappa shape index (κ1) is 16.3. The number of rotatable bonds is 4. The van der Waals surface area contributed by atoms with E-state index in [0.717, 1.165) is 38.9 Å². The lowest BCUT2D eigenvalue weighted by atomic mass is 10.1. The Morgan fingerprint density at radius 1 is 0.929 bits per heavy atom. The van der Waals surface area contributed by atoms with Gasteiger partial charge in [0.25, 0.3) is 0 Å². The Hall–Kier alpha value is -3.87. The number of imidazole rings is 1. The second-order valence-electron chi connectivity index (χ2n) is 6.25. The van der Waals surface area contributed by atoms with Gasteiger partial charge >= 0.3 is 6.01 Å². The van der Waals surface area contributed by atoms with Crippen LogP contribution < -0.4 is 4.74 Å². The number of fused-ring (bicyclic) bond motifs is 2. The van der Waals surface area contributed by atoms with E-state index in [-0.39, 0.29) is 0 Å². The third kappa shape index (κ3) is 2.73. The molecule has 0 fully saturated rings. The van der Waals surface area contributed by atoms with E-state index in [9.17, 15) is 0 Å². The van der Waals surface area contributed by atoms with Gasteiger partial charge in [-0.25, -0.2) is 15.0 Å². The molecule has 0 amide bonds. The topological polar surface area (TPSA) is 78.1 Å². The zero-order valence-corrected chi connectivity index (χ0v) is 15.1. The summed E-state index contributed by atoms with van der Waals surface area (Å²) < 4.78 is 7.35. The van der Waals surface area contributed by atoms with Crippen LogP contribution in [0.3, 0.4) is 0 Å². The van der Waals surface area contributed by atoms with Gasteiger partial charge in [0.05, 0.1) is 30.2 Å². The summed E-state index contributed by atoms with van der Waals surface area (Å²) in [5, 5.41) is 9.39. The van der Waals surface area contributed by atoms with Crippen molar-refractivity contribution in [3.8, 4) is 28.4 Å². The van der Waals surface area contributed by atoms with E-state index in [2.05, 4.69) is 25.1 Å². The van der Waals surface area contributed by atoms with Crippen molar-refractivity contribution in [2.24, 2.45) is 0 Å². The van der Waals surface area contributed by atoms with Crippen molar-refractivity contribution in [1.29, 1.82) is 0 Å². The van der Waals surface area contributed by atoms with Gasteiger partial charge in [-0.1, -0.05) is 18.2 Å². The fraction of sp³-hybridized carbons (Fsp3) is 0.0952. The molecule has 0 N–H and O–H groups in total. The molecule has 28 heavy (non-hydrogen) atoms. The fourth-order valence-corrected chi connectivity index (χ4v) is 3.24. The van der Waals surface area contributed by atoms with Gasteiger partial charge in [0, 0.05) is 35.1 Å². The minimum Gasteiger partial charge on any atom is -0.464 e. The predicted molar refractivity (Wildman–Crippen MR) is 106 cm³/mol. The molecule has 5 aromatic rings. The molecule has 0 aliphatic rings. The van der Waals surface area contributed by atoms with Gasteiger partial charge in [-0.3, -0.25) is 4.40 Å². The molecule has 136 valence electrons. The van der Waals surface area contributed by atoms with Gasteiger partial charge in [0.2, 0.25) is 0 Å². The monoisotopic (exact) mass is 368 g/mol. The first-order valence-corrected chi connectivity index (χ1v) is 8.96. The smallest absolute Gasteiger partial charge is 0.316 e. The Bertz CT molecular complexity index is 1270. The van der Waals surface area contributed by atoms with E-state index in [1.807, 2.05) is 60.1 Å². The van der Waals surface area contributed by atoms with E-state index in [4.69, 9.17) is 4.74 Å². The summed E-state index contributed by atoms with van der Waals surface area (Å²) in [4.78, 5) is 13.1. The van der Waals surface area contributed by atoms with Crippen molar-refractivity contribution in [2.75, 3.05) is 6.61 Å². The molecule has 5 rings (SSSR count).